The summed E-state index contributed by atoms with van der Waals surface area (Å²) < 4.78 is 0. The number of nitro benzene ring substituents is 1. The predicted molar refractivity (Wildman–Crippen MR) is 87.4 cm³/mol. The van der Waals surface area contributed by atoms with E-state index in [0.29, 0.717) is 17.3 Å². The molecule has 0 spiro atoms. The summed E-state index contributed by atoms with van der Waals surface area (Å²) in [4.78, 5) is 36.7. The van der Waals surface area contributed by atoms with Gasteiger partial charge in [0.15, 0.2) is 0 Å². The van der Waals surface area contributed by atoms with Gasteiger partial charge in [0.25, 0.3) is 11.6 Å². The Balaban J connectivity index is 1.59. The molecule has 0 bridgehead atoms. The molecule has 7 heteroatoms. The van der Waals surface area contributed by atoms with Crippen LogP contribution in [-0.2, 0) is 4.79 Å². The van der Waals surface area contributed by atoms with Crippen molar-refractivity contribution in [2.24, 2.45) is 17.3 Å². The number of likely N-dealkylation sites (tertiary alicyclic amines) is 1. The minimum absolute atomic E-state index is 0.100. The van der Waals surface area contributed by atoms with Crippen LogP contribution in [-0.4, -0.2) is 40.8 Å². The number of carbonyl (C=O) groups excluding carboxylic acids is 2. The number of rotatable bonds is 4. The fourth-order valence-corrected chi connectivity index (χ4v) is 3.69. The van der Waals surface area contributed by atoms with Crippen molar-refractivity contribution in [2.75, 3.05) is 13.1 Å². The van der Waals surface area contributed by atoms with Gasteiger partial charge in [-0.2, -0.15) is 0 Å². The maximum Gasteiger partial charge on any atom is 0.270 e. The van der Waals surface area contributed by atoms with Crippen molar-refractivity contribution < 1.29 is 14.5 Å². The highest BCUT2D eigenvalue weighted by Crippen LogP contribution is 2.61. The van der Waals surface area contributed by atoms with E-state index in [1.54, 1.807) is 11.8 Å². The van der Waals surface area contributed by atoms with Crippen molar-refractivity contribution in [1.82, 2.24) is 10.2 Å². The molecular weight excluding hydrogens is 310 g/mol. The lowest BCUT2D eigenvalue weighted by atomic mass is 10.1. The van der Waals surface area contributed by atoms with Gasteiger partial charge in [0, 0.05) is 30.8 Å². The van der Waals surface area contributed by atoms with Crippen molar-refractivity contribution in [3.05, 3.63) is 39.9 Å². The molecule has 3 atom stereocenters. The molecule has 2 aliphatic rings. The summed E-state index contributed by atoms with van der Waals surface area (Å²) in [6, 6.07) is 4.82. The number of nitro groups is 1. The smallest absolute Gasteiger partial charge is 0.270 e. The second-order valence-electron chi connectivity index (χ2n) is 7.28. The Bertz CT molecular complexity index is 702. The summed E-state index contributed by atoms with van der Waals surface area (Å²) in [7, 11) is 0. The highest BCUT2D eigenvalue weighted by Gasteiger charge is 2.62. The Labute approximate surface area is 140 Å². The van der Waals surface area contributed by atoms with E-state index in [1.807, 2.05) is 0 Å². The van der Waals surface area contributed by atoms with E-state index >= 15 is 0 Å². The van der Waals surface area contributed by atoms with Crippen LogP contribution in [0.5, 0.6) is 0 Å². The van der Waals surface area contributed by atoms with Crippen molar-refractivity contribution in [3.63, 3.8) is 0 Å². The number of nitrogens with zero attached hydrogens (tertiary/aromatic N) is 2. The lowest BCUT2D eigenvalue weighted by Gasteiger charge is -2.25. The van der Waals surface area contributed by atoms with Crippen LogP contribution in [0.15, 0.2) is 24.3 Å². The highest BCUT2D eigenvalue weighted by molar-refractivity contribution is 5.97. The highest BCUT2D eigenvalue weighted by atomic mass is 16.6. The second-order valence-corrected chi connectivity index (χ2v) is 7.28. The lowest BCUT2D eigenvalue weighted by Crippen LogP contribution is -2.47. The number of benzene rings is 1. The van der Waals surface area contributed by atoms with E-state index in [4.69, 9.17) is 0 Å². The maximum absolute atomic E-state index is 12.5. The first kappa shape index (κ1) is 16.4. The monoisotopic (exact) mass is 331 g/mol. The third kappa shape index (κ3) is 2.74. The number of non-ortho nitro benzene ring substituents is 1. The van der Waals surface area contributed by atoms with Crippen molar-refractivity contribution in [1.29, 1.82) is 0 Å². The Morgan fingerprint density at radius 2 is 1.96 bits per heavy atom. The molecule has 128 valence electrons. The molecule has 1 aliphatic carbocycles. The van der Waals surface area contributed by atoms with Crippen LogP contribution in [0.25, 0.3) is 0 Å². The first-order chi connectivity index (χ1) is 11.2. The number of hydrogen-bond donors (Lipinski definition) is 1. The van der Waals surface area contributed by atoms with Gasteiger partial charge in [-0.15, -0.1) is 0 Å². The van der Waals surface area contributed by atoms with E-state index in [1.165, 1.54) is 24.3 Å². The van der Waals surface area contributed by atoms with Crippen LogP contribution < -0.4 is 5.32 Å². The van der Waals surface area contributed by atoms with Crippen molar-refractivity contribution >= 4 is 17.5 Å². The molecule has 2 amide bonds. The second kappa shape index (κ2) is 5.58. The molecule has 0 radical (unpaired) electrons. The molecule has 1 N–H and O–H groups in total. The van der Waals surface area contributed by atoms with Crippen LogP contribution in [0.3, 0.4) is 0 Å². The zero-order valence-electron chi connectivity index (χ0n) is 14.0. The summed E-state index contributed by atoms with van der Waals surface area (Å²) in [6.45, 7) is 7.57. The SMILES string of the molecule is C[C@H](NC(=O)c1cccc([N+](=O)[O-])c1)C(=O)N1C[C@H]2[C@H](C1)C2(C)C. The van der Waals surface area contributed by atoms with E-state index in [2.05, 4.69) is 19.2 Å². The van der Waals surface area contributed by atoms with Crippen LogP contribution in [0.4, 0.5) is 5.69 Å². The molecule has 1 saturated heterocycles. The fourth-order valence-electron chi connectivity index (χ4n) is 3.69. The molecule has 1 saturated carbocycles. The summed E-state index contributed by atoms with van der Waals surface area (Å²) in [5, 5.41) is 13.4. The molecule has 2 fully saturated rings. The van der Waals surface area contributed by atoms with E-state index < -0.39 is 16.9 Å². The minimum Gasteiger partial charge on any atom is -0.341 e. The zero-order chi connectivity index (χ0) is 17.6. The van der Waals surface area contributed by atoms with Crippen molar-refractivity contribution in [2.45, 2.75) is 26.8 Å². The average Bonchev–Trinajstić information content (AvgIpc) is 2.92. The van der Waals surface area contributed by atoms with Gasteiger partial charge in [0.1, 0.15) is 6.04 Å². The number of carbonyl (C=O) groups is 2. The van der Waals surface area contributed by atoms with Crippen LogP contribution in [0.1, 0.15) is 31.1 Å². The molecule has 1 aromatic rings. The van der Waals surface area contributed by atoms with Gasteiger partial charge in [-0.1, -0.05) is 19.9 Å². The van der Waals surface area contributed by atoms with Gasteiger partial charge in [0.2, 0.25) is 5.91 Å². The molecule has 24 heavy (non-hydrogen) atoms. The summed E-state index contributed by atoms with van der Waals surface area (Å²) in [5.41, 5.74) is 0.351. The van der Waals surface area contributed by atoms with Gasteiger partial charge >= 0.3 is 0 Å². The third-order valence-electron chi connectivity index (χ3n) is 5.47. The quantitative estimate of drug-likeness (QED) is 0.673. The predicted octanol–water partition coefficient (Wildman–Crippen LogP) is 1.83. The van der Waals surface area contributed by atoms with E-state index in [0.717, 1.165) is 13.1 Å². The molecule has 0 unspecified atom stereocenters. The van der Waals surface area contributed by atoms with Crippen LogP contribution in [0.2, 0.25) is 0 Å². The van der Waals surface area contributed by atoms with E-state index in [-0.39, 0.29) is 17.2 Å². The largest absolute Gasteiger partial charge is 0.341 e. The molecule has 1 aliphatic heterocycles. The van der Waals surface area contributed by atoms with Crippen LogP contribution >= 0.6 is 0 Å². The number of amides is 2. The van der Waals surface area contributed by atoms with E-state index in [9.17, 15) is 19.7 Å². The van der Waals surface area contributed by atoms with Gasteiger partial charge in [-0.05, 0) is 30.2 Å². The Morgan fingerprint density at radius 3 is 2.54 bits per heavy atom. The Hall–Kier alpha value is -2.44. The normalized spacial score (nSPS) is 24.9. The minimum atomic E-state index is -0.655. The number of nitrogens with one attached hydrogen (secondary N) is 1. The summed E-state index contributed by atoms with van der Waals surface area (Å²) in [5.74, 6) is 0.531. The Kier molecular flexibility index (Phi) is 3.81. The van der Waals surface area contributed by atoms with Crippen molar-refractivity contribution in [3.8, 4) is 0 Å². The molecule has 1 aromatic carbocycles. The fraction of sp³-hybridized carbons (Fsp3) is 0.529. The molecule has 3 rings (SSSR count). The number of piperidine rings is 1. The first-order valence-electron chi connectivity index (χ1n) is 8.06. The first-order valence-corrected chi connectivity index (χ1v) is 8.06. The summed E-state index contributed by atoms with van der Waals surface area (Å²) in [6.07, 6.45) is 0. The molecule has 7 nitrogen and oxygen atoms in total. The van der Waals surface area contributed by atoms with Crippen LogP contribution in [0, 0.1) is 27.4 Å². The zero-order valence-corrected chi connectivity index (χ0v) is 14.0. The molecule has 0 aromatic heterocycles. The van der Waals surface area contributed by atoms with Gasteiger partial charge in [0.05, 0.1) is 4.92 Å². The maximum atomic E-state index is 12.5. The summed E-state index contributed by atoms with van der Waals surface area (Å²) >= 11 is 0. The average molecular weight is 331 g/mol. The van der Waals surface area contributed by atoms with Gasteiger partial charge in [-0.3, -0.25) is 19.7 Å². The topological polar surface area (TPSA) is 92.5 Å². The third-order valence-corrected chi connectivity index (χ3v) is 5.47. The Morgan fingerprint density at radius 1 is 1.33 bits per heavy atom. The van der Waals surface area contributed by atoms with Gasteiger partial charge in [-0.25, -0.2) is 0 Å². The van der Waals surface area contributed by atoms with Gasteiger partial charge < -0.3 is 10.2 Å². The molecular formula is C17H21N3O4. The molecule has 1 heterocycles. The standard InChI is InChI=1S/C17H21N3O4/c1-10(16(22)19-8-13-14(9-19)17(13,2)3)18-15(21)11-5-4-6-12(7-11)20(23)24/h4-7,10,13-14H,8-9H2,1-3H3,(H,18,21)/t10-,13-,14-/m0/s1. The number of fused-ring (bicyclic) bond motifs is 1. The lowest BCUT2D eigenvalue weighted by molar-refractivity contribution is -0.384. The number of hydrogen-bond acceptors (Lipinski definition) is 4.